The van der Waals surface area contributed by atoms with Crippen molar-refractivity contribution < 1.29 is 27.2 Å². The van der Waals surface area contributed by atoms with Crippen molar-refractivity contribution in [1.82, 2.24) is 0 Å². The first-order chi connectivity index (χ1) is 13.0. The van der Waals surface area contributed by atoms with E-state index in [1.807, 2.05) is 36.4 Å². The molecule has 1 atom stereocenters. The predicted molar refractivity (Wildman–Crippen MR) is 95.3 cm³/mol. The summed E-state index contributed by atoms with van der Waals surface area (Å²) in [6, 6.07) is 11.7. The molecule has 0 saturated heterocycles. The highest BCUT2D eigenvalue weighted by atomic mass is 32.2. The number of nitrogens with zero attached hydrogens (tertiary/aromatic N) is 2. The van der Waals surface area contributed by atoms with Crippen molar-refractivity contribution in [3.63, 3.8) is 0 Å². The smallest absolute Gasteiger partial charge is 0.389 e. The van der Waals surface area contributed by atoms with Gasteiger partial charge in [-0.05, 0) is 31.2 Å². The standard InChI is InChI=1S/C18H21F3N2O3S/c19-18(20,21)10-11-27-26-25-17(12-22)15-6-8-16(9-7-15)23-24-13-14-4-2-1-3-5-14/h1-5,15,17H,6-11,13H2. The molecule has 1 unspecified atom stereocenters. The molecule has 1 aromatic carbocycles. The van der Waals surface area contributed by atoms with Crippen molar-refractivity contribution in [3.8, 4) is 6.07 Å². The molecule has 148 valence electrons. The van der Waals surface area contributed by atoms with Gasteiger partial charge < -0.3 is 4.84 Å². The Morgan fingerprint density at radius 3 is 2.56 bits per heavy atom. The number of benzene rings is 1. The van der Waals surface area contributed by atoms with E-state index in [-0.39, 0.29) is 11.7 Å². The molecule has 0 N–H and O–H groups in total. The summed E-state index contributed by atoms with van der Waals surface area (Å²) in [5, 5.41) is 13.4. The zero-order valence-corrected chi connectivity index (χ0v) is 15.5. The first kappa shape index (κ1) is 21.5. The van der Waals surface area contributed by atoms with Gasteiger partial charge in [0.2, 0.25) is 0 Å². The van der Waals surface area contributed by atoms with E-state index in [0.29, 0.717) is 44.3 Å². The van der Waals surface area contributed by atoms with Crippen molar-refractivity contribution >= 4 is 17.8 Å². The highest BCUT2D eigenvalue weighted by Crippen LogP contribution is 2.28. The molecular formula is C18H21F3N2O3S. The number of hydrogen-bond acceptors (Lipinski definition) is 6. The van der Waals surface area contributed by atoms with Crippen LogP contribution in [0.1, 0.15) is 37.7 Å². The highest BCUT2D eigenvalue weighted by molar-refractivity contribution is 7.94. The van der Waals surface area contributed by atoms with E-state index in [9.17, 15) is 18.4 Å². The third-order valence-electron chi connectivity index (χ3n) is 4.09. The summed E-state index contributed by atoms with van der Waals surface area (Å²) in [6.07, 6.45) is -3.28. The van der Waals surface area contributed by atoms with Gasteiger partial charge in [-0.15, -0.1) is 0 Å². The second-order valence-electron chi connectivity index (χ2n) is 6.16. The Labute approximate surface area is 160 Å². The van der Waals surface area contributed by atoms with Gasteiger partial charge >= 0.3 is 6.18 Å². The van der Waals surface area contributed by atoms with Crippen LogP contribution in [-0.2, 0) is 20.7 Å². The normalized spacial score (nSPS) is 18.6. The lowest BCUT2D eigenvalue weighted by Crippen LogP contribution is -2.27. The summed E-state index contributed by atoms with van der Waals surface area (Å²) >= 11 is 0.560. The summed E-state index contributed by atoms with van der Waals surface area (Å²) in [5.41, 5.74) is 1.97. The Balaban J connectivity index is 1.65. The molecule has 1 aromatic rings. The fraction of sp³-hybridized carbons (Fsp3) is 0.556. The Bertz CT molecular complexity index is 625. The Morgan fingerprint density at radius 2 is 1.93 bits per heavy atom. The van der Waals surface area contributed by atoms with Crippen LogP contribution in [0.15, 0.2) is 35.5 Å². The third-order valence-corrected chi connectivity index (χ3v) is 4.64. The molecule has 5 nitrogen and oxygen atoms in total. The van der Waals surface area contributed by atoms with Gasteiger partial charge in [-0.1, -0.05) is 35.5 Å². The molecule has 0 aliphatic heterocycles. The Morgan fingerprint density at radius 1 is 1.22 bits per heavy atom. The average Bonchev–Trinajstić information content (AvgIpc) is 2.65. The van der Waals surface area contributed by atoms with Crippen LogP contribution >= 0.6 is 12.0 Å². The topological polar surface area (TPSA) is 63.8 Å². The first-order valence-corrected chi connectivity index (χ1v) is 9.52. The highest BCUT2D eigenvalue weighted by Gasteiger charge is 2.29. The minimum Gasteiger partial charge on any atom is -0.391 e. The van der Waals surface area contributed by atoms with Gasteiger partial charge in [0.05, 0.1) is 18.2 Å². The van der Waals surface area contributed by atoms with Crippen LogP contribution in [0.25, 0.3) is 0 Å². The number of alkyl halides is 3. The molecule has 0 bridgehead atoms. The van der Waals surface area contributed by atoms with Crippen molar-refractivity contribution in [2.45, 2.75) is 51.0 Å². The van der Waals surface area contributed by atoms with E-state index in [1.54, 1.807) is 0 Å². The molecule has 0 amide bonds. The molecule has 1 aliphatic rings. The zero-order chi connectivity index (χ0) is 19.5. The van der Waals surface area contributed by atoms with Crippen LogP contribution in [0.5, 0.6) is 0 Å². The molecular weight excluding hydrogens is 381 g/mol. The number of hydrogen-bond donors (Lipinski definition) is 0. The average molecular weight is 402 g/mol. The summed E-state index contributed by atoms with van der Waals surface area (Å²) in [5.74, 6) is -0.326. The molecule has 0 spiro atoms. The number of nitriles is 1. The second-order valence-corrected chi connectivity index (χ2v) is 6.94. The number of oxime groups is 1. The summed E-state index contributed by atoms with van der Waals surface area (Å²) < 4.78 is 40.8. The number of halogens is 3. The van der Waals surface area contributed by atoms with Crippen molar-refractivity contribution in [1.29, 1.82) is 5.26 Å². The molecule has 1 saturated carbocycles. The summed E-state index contributed by atoms with van der Waals surface area (Å²) in [6.45, 7) is 0.403. The van der Waals surface area contributed by atoms with E-state index < -0.39 is 18.7 Å². The number of rotatable bonds is 9. The van der Waals surface area contributed by atoms with Crippen LogP contribution in [0.3, 0.4) is 0 Å². The quantitative estimate of drug-likeness (QED) is 0.246. The SMILES string of the molecule is N#CC(OOSCCC(F)(F)F)C1CCC(=NOCc2ccccc2)CC1. The molecule has 1 fully saturated rings. The molecule has 1 aliphatic carbocycles. The monoisotopic (exact) mass is 402 g/mol. The van der Waals surface area contributed by atoms with Gasteiger partial charge in [0.25, 0.3) is 0 Å². The van der Waals surface area contributed by atoms with E-state index in [0.717, 1.165) is 11.3 Å². The largest absolute Gasteiger partial charge is 0.391 e. The maximum absolute atomic E-state index is 12.0. The van der Waals surface area contributed by atoms with Gasteiger partial charge in [-0.2, -0.15) is 22.8 Å². The predicted octanol–water partition coefficient (Wildman–Crippen LogP) is 5.19. The van der Waals surface area contributed by atoms with Crippen LogP contribution in [-0.4, -0.2) is 23.7 Å². The lowest BCUT2D eigenvalue weighted by atomic mass is 9.85. The maximum Gasteiger partial charge on any atom is 0.389 e. The maximum atomic E-state index is 12.0. The van der Waals surface area contributed by atoms with E-state index in [2.05, 4.69) is 5.16 Å². The van der Waals surface area contributed by atoms with Crippen molar-refractivity contribution in [2.75, 3.05) is 5.75 Å². The van der Waals surface area contributed by atoms with Crippen molar-refractivity contribution in [3.05, 3.63) is 35.9 Å². The molecule has 27 heavy (non-hydrogen) atoms. The Hall–Kier alpha value is -1.76. The molecule has 2 rings (SSSR count). The van der Waals surface area contributed by atoms with E-state index in [1.165, 1.54) is 0 Å². The van der Waals surface area contributed by atoms with Crippen LogP contribution in [0.4, 0.5) is 13.2 Å². The van der Waals surface area contributed by atoms with Gasteiger partial charge in [0.1, 0.15) is 6.61 Å². The zero-order valence-electron chi connectivity index (χ0n) is 14.7. The van der Waals surface area contributed by atoms with Gasteiger partial charge in [0, 0.05) is 23.7 Å². The van der Waals surface area contributed by atoms with Crippen molar-refractivity contribution in [2.24, 2.45) is 11.1 Å². The van der Waals surface area contributed by atoms with Gasteiger partial charge in [-0.25, -0.2) is 4.89 Å². The van der Waals surface area contributed by atoms with E-state index >= 15 is 0 Å². The summed E-state index contributed by atoms with van der Waals surface area (Å²) in [4.78, 5) is 10.4. The first-order valence-electron chi connectivity index (χ1n) is 8.61. The fourth-order valence-corrected chi connectivity index (χ4v) is 3.13. The van der Waals surface area contributed by atoms with Gasteiger partial charge in [0.15, 0.2) is 6.10 Å². The molecule has 9 heteroatoms. The second kappa shape index (κ2) is 11.2. The van der Waals surface area contributed by atoms with Gasteiger partial charge in [-0.3, -0.25) is 0 Å². The molecule has 0 radical (unpaired) electrons. The minimum absolute atomic E-state index is 0.0497. The lowest BCUT2D eigenvalue weighted by molar-refractivity contribution is -0.228. The molecule has 0 aromatic heterocycles. The lowest BCUT2D eigenvalue weighted by Gasteiger charge is -2.25. The van der Waals surface area contributed by atoms with E-state index in [4.69, 9.17) is 14.1 Å². The molecule has 0 heterocycles. The van der Waals surface area contributed by atoms with Crippen LogP contribution < -0.4 is 0 Å². The summed E-state index contributed by atoms with van der Waals surface area (Å²) in [7, 11) is 0. The fourth-order valence-electron chi connectivity index (χ4n) is 2.61. The third kappa shape index (κ3) is 8.65. The van der Waals surface area contributed by atoms with Crippen LogP contribution in [0, 0.1) is 17.2 Å². The van der Waals surface area contributed by atoms with Crippen LogP contribution in [0.2, 0.25) is 0 Å². The Kier molecular flexibility index (Phi) is 8.91. The minimum atomic E-state index is -4.23.